The molecule has 80 valence electrons. The van der Waals surface area contributed by atoms with Crippen LogP contribution < -0.4 is 0 Å². The zero-order valence-electron chi connectivity index (χ0n) is 8.57. The van der Waals surface area contributed by atoms with Gasteiger partial charge < -0.3 is 10.2 Å². The van der Waals surface area contributed by atoms with Crippen molar-refractivity contribution in [3.63, 3.8) is 0 Å². The molecule has 0 aromatic heterocycles. The Bertz CT molecular complexity index is 386. The SMILES string of the molecule is CCc1cc(C(=O)O)c(C)c(C(=O)O)c1. The van der Waals surface area contributed by atoms with Gasteiger partial charge in [0.05, 0.1) is 11.1 Å². The fourth-order valence-electron chi connectivity index (χ4n) is 1.42. The van der Waals surface area contributed by atoms with E-state index in [1.54, 1.807) is 0 Å². The first-order valence-corrected chi connectivity index (χ1v) is 4.57. The van der Waals surface area contributed by atoms with Crippen LogP contribution in [0.15, 0.2) is 12.1 Å². The maximum atomic E-state index is 10.9. The second-order valence-electron chi connectivity index (χ2n) is 3.28. The predicted octanol–water partition coefficient (Wildman–Crippen LogP) is 1.95. The van der Waals surface area contributed by atoms with Crippen LogP contribution in [-0.4, -0.2) is 22.2 Å². The van der Waals surface area contributed by atoms with Crippen molar-refractivity contribution in [3.8, 4) is 0 Å². The van der Waals surface area contributed by atoms with E-state index in [4.69, 9.17) is 10.2 Å². The molecule has 0 saturated carbocycles. The lowest BCUT2D eigenvalue weighted by Crippen LogP contribution is -2.08. The summed E-state index contributed by atoms with van der Waals surface area (Å²) >= 11 is 0. The van der Waals surface area contributed by atoms with Gasteiger partial charge in [-0.15, -0.1) is 0 Å². The van der Waals surface area contributed by atoms with Crippen molar-refractivity contribution >= 4 is 11.9 Å². The molecule has 2 N–H and O–H groups in total. The van der Waals surface area contributed by atoms with Crippen LogP contribution in [0.2, 0.25) is 0 Å². The van der Waals surface area contributed by atoms with Crippen molar-refractivity contribution in [1.82, 2.24) is 0 Å². The molecule has 0 heterocycles. The lowest BCUT2D eigenvalue weighted by molar-refractivity contribution is 0.0696. The summed E-state index contributed by atoms with van der Waals surface area (Å²) in [7, 11) is 0. The number of carboxylic acid groups (broad SMARTS) is 2. The molecule has 0 aliphatic rings. The number of hydrogen-bond acceptors (Lipinski definition) is 2. The Kier molecular flexibility index (Phi) is 3.09. The van der Waals surface area contributed by atoms with E-state index in [2.05, 4.69) is 0 Å². The summed E-state index contributed by atoms with van der Waals surface area (Å²) in [5, 5.41) is 17.8. The fraction of sp³-hybridized carbons (Fsp3) is 0.273. The van der Waals surface area contributed by atoms with Gasteiger partial charge in [0.15, 0.2) is 0 Å². The maximum Gasteiger partial charge on any atom is 0.335 e. The minimum atomic E-state index is -1.09. The highest BCUT2D eigenvalue weighted by molar-refractivity contribution is 5.96. The van der Waals surface area contributed by atoms with Gasteiger partial charge in [0.25, 0.3) is 0 Å². The van der Waals surface area contributed by atoms with Crippen molar-refractivity contribution in [3.05, 3.63) is 34.4 Å². The molecule has 4 heteroatoms. The molecule has 0 radical (unpaired) electrons. The maximum absolute atomic E-state index is 10.9. The van der Waals surface area contributed by atoms with Crippen LogP contribution in [0.3, 0.4) is 0 Å². The smallest absolute Gasteiger partial charge is 0.335 e. The second-order valence-corrected chi connectivity index (χ2v) is 3.28. The summed E-state index contributed by atoms with van der Waals surface area (Å²) in [6.07, 6.45) is 0.612. The van der Waals surface area contributed by atoms with E-state index in [1.807, 2.05) is 6.92 Å². The van der Waals surface area contributed by atoms with E-state index in [1.165, 1.54) is 19.1 Å². The molecule has 0 unspecified atom stereocenters. The van der Waals surface area contributed by atoms with Gasteiger partial charge in [-0.3, -0.25) is 0 Å². The highest BCUT2D eigenvalue weighted by atomic mass is 16.4. The molecule has 0 spiro atoms. The lowest BCUT2D eigenvalue weighted by atomic mass is 9.97. The molecule has 0 amide bonds. The summed E-state index contributed by atoms with van der Waals surface area (Å²) in [6.45, 7) is 3.36. The molecule has 0 bridgehead atoms. The highest BCUT2D eigenvalue weighted by Gasteiger charge is 2.16. The van der Waals surface area contributed by atoms with Gasteiger partial charge in [-0.05, 0) is 36.6 Å². The Hall–Kier alpha value is -1.84. The molecule has 15 heavy (non-hydrogen) atoms. The van der Waals surface area contributed by atoms with E-state index in [9.17, 15) is 9.59 Å². The number of aromatic carboxylic acids is 2. The van der Waals surface area contributed by atoms with Gasteiger partial charge >= 0.3 is 11.9 Å². The normalized spacial score (nSPS) is 10.0. The van der Waals surface area contributed by atoms with Crippen LogP contribution in [0.25, 0.3) is 0 Å². The Morgan fingerprint density at radius 3 is 1.80 bits per heavy atom. The first-order chi connectivity index (χ1) is 6.97. The van der Waals surface area contributed by atoms with Crippen LogP contribution in [0.5, 0.6) is 0 Å². The van der Waals surface area contributed by atoms with Gasteiger partial charge in [0.1, 0.15) is 0 Å². The molecule has 0 saturated heterocycles. The molecule has 0 fully saturated rings. The number of benzene rings is 1. The number of carboxylic acids is 2. The monoisotopic (exact) mass is 208 g/mol. The highest BCUT2D eigenvalue weighted by Crippen LogP contribution is 2.17. The van der Waals surface area contributed by atoms with Gasteiger partial charge in [0, 0.05) is 0 Å². The van der Waals surface area contributed by atoms with Gasteiger partial charge in [-0.1, -0.05) is 6.92 Å². The Morgan fingerprint density at radius 2 is 1.53 bits per heavy atom. The Labute approximate surface area is 87.2 Å². The molecular weight excluding hydrogens is 196 g/mol. The van der Waals surface area contributed by atoms with Gasteiger partial charge in [-0.25, -0.2) is 9.59 Å². The Morgan fingerprint density at radius 1 is 1.13 bits per heavy atom. The fourth-order valence-corrected chi connectivity index (χ4v) is 1.42. The van der Waals surface area contributed by atoms with Crippen LogP contribution >= 0.6 is 0 Å². The predicted molar refractivity (Wildman–Crippen MR) is 54.5 cm³/mol. The summed E-state index contributed by atoms with van der Waals surface area (Å²) in [5.41, 5.74) is 1.14. The van der Waals surface area contributed by atoms with Crippen LogP contribution in [0, 0.1) is 6.92 Å². The third-order valence-corrected chi connectivity index (χ3v) is 2.34. The average molecular weight is 208 g/mol. The van der Waals surface area contributed by atoms with E-state index in [0.29, 0.717) is 12.0 Å². The molecule has 1 aromatic rings. The lowest BCUT2D eigenvalue weighted by Gasteiger charge is -2.07. The van der Waals surface area contributed by atoms with E-state index in [-0.39, 0.29) is 11.1 Å². The summed E-state index contributed by atoms with van der Waals surface area (Å²) in [5.74, 6) is -2.18. The molecule has 0 atom stereocenters. The van der Waals surface area contributed by atoms with E-state index < -0.39 is 11.9 Å². The van der Waals surface area contributed by atoms with Gasteiger partial charge in [-0.2, -0.15) is 0 Å². The zero-order chi connectivity index (χ0) is 11.6. The van der Waals surface area contributed by atoms with Crippen molar-refractivity contribution in [2.75, 3.05) is 0 Å². The number of hydrogen-bond donors (Lipinski definition) is 2. The minimum Gasteiger partial charge on any atom is -0.478 e. The third kappa shape index (κ3) is 2.15. The summed E-state index contributed by atoms with van der Waals surface area (Å²) in [6, 6.07) is 3.04. The molecule has 1 rings (SSSR count). The molecule has 0 aliphatic heterocycles. The number of aryl methyl sites for hydroxylation is 1. The molecular formula is C11H12O4. The van der Waals surface area contributed by atoms with Crippen molar-refractivity contribution in [2.45, 2.75) is 20.3 Å². The first-order valence-electron chi connectivity index (χ1n) is 4.57. The first kappa shape index (κ1) is 11.2. The van der Waals surface area contributed by atoms with Crippen LogP contribution in [0.4, 0.5) is 0 Å². The zero-order valence-corrected chi connectivity index (χ0v) is 8.57. The largest absolute Gasteiger partial charge is 0.478 e. The second kappa shape index (κ2) is 4.13. The summed E-state index contributed by atoms with van der Waals surface area (Å²) < 4.78 is 0. The molecule has 1 aromatic carbocycles. The number of rotatable bonds is 3. The standard InChI is InChI=1S/C11H12O4/c1-3-7-4-8(10(12)13)6(2)9(5-7)11(14)15/h4-5H,3H2,1-2H3,(H,12,13)(H,14,15). The van der Waals surface area contributed by atoms with Crippen LogP contribution in [0.1, 0.15) is 38.8 Å². The average Bonchev–Trinajstić information content (AvgIpc) is 2.17. The van der Waals surface area contributed by atoms with E-state index in [0.717, 1.165) is 5.56 Å². The third-order valence-electron chi connectivity index (χ3n) is 2.34. The van der Waals surface area contributed by atoms with Crippen molar-refractivity contribution in [2.24, 2.45) is 0 Å². The number of carbonyl (C=O) groups is 2. The van der Waals surface area contributed by atoms with E-state index >= 15 is 0 Å². The quantitative estimate of drug-likeness (QED) is 0.796. The van der Waals surface area contributed by atoms with Crippen LogP contribution in [-0.2, 0) is 6.42 Å². The Balaban J connectivity index is 3.47. The minimum absolute atomic E-state index is 0.0618. The molecule has 4 nitrogen and oxygen atoms in total. The summed E-state index contributed by atoms with van der Waals surface area (Å²) in [4.78, 5) is 21.7. The van der Waals surface area contributed by atoms with Crippen molar-refractivity contribution < 1.29 is 19.8 Å². The molecule has 0 aliphatic carbocycles. The van der Waals surface area contributed by atoms with Gasteiger partial charge in [0.2, 0.25) is 0 Å². The van der Waals surface area contributed by atoms with Crippen molar-refractivity contribution in [1.29, 1.82) is 0 Å². The topological polar surface area (TPSA) is 74.6 Å².